The Morgan fingerprint density at radius 1 is 1.25 bits per heavy atom. The molecule has 2 rings (SSSR count). The number of fused-ring (bicyclic) bond motifs is 1. The Hall–Kier alpha value is -1.39. The van der Waals surface area contributed by atoms with E-state index in [9.17, 15) is 4.79 Å². The Morgan fingerprint density at radius 3 is 2.65 bits per heavy atom. The first kappa shape index (κ1) is 15.0. The van der Waals surface area contributed by atoms with Gasteiger partial charge in [-0.3, -0.25) is 0 Å². The molecule has 1 heterocycles. The lowest BCUT2D eigenvalue weighted by molar-refractivity contribution is -0.910. The molecule has 3 nitrogen and oxygen atoms in total. The molecule has 20 heavy (non-hydrogen) atoms. The van der Waals surface area contributed by atoms with Gasteiger partial charge in [0, 0.05) is 21.0 Å². The van der Waals surface area contributed by atoms with Crippen LogP contribution in [0.5, 0.6) is 0 Å². The molecular weight excluding hydrogens is 270 g/mol. The molecular formula is C16H22NO2S+. The number of ether oxygens (including phenoxy) is 1. The highest BCUT2D eigenvalue weighted by Gasteiger charge is 2.13. The molecule has 0 saturated carbocycles. The van der Waals surface area contributed by atoms with E-state index in [1.54, 1.807) is 16.2 Å². The molecule has 1 N–H and O–H groups in total. The van der Waals surface area contributed by atoms with Crippen molar-refractivity contribution in [3.05, 3.63) is 34.7 Å². The van der Waals surface area contributed by atoms with Crippen LogP contribution in [0, 0.1) is 0 Å². The molecule has 0 saturated heterocycles. The van der Waals surface area contributed by atoms with Crippen molar-refractivity contribution in [3.8, 4) is 0 Å². The highest BCUT2D eigenvalue weighted by atomic mass is 32.1. The van der Waals surface area contributed by atoms with Crippen LogP contribution in [0.2, 0.25) is 0 Å². The van der Waals surface area contributed by atoms with E-state index in [2.05, 4.69) is 19.2 Å². The predicted octanol–water partition coefficient (Wildman–Crippen LogP) is 2.50. The zero-order valence-corrected chi connectivity index (χ0v) is 13.2. The number of benzene rings is 1. The molecule has 0 bridgehead atoms. The summed E-state index contributed by atoms with van der Waals surface area (Å²) in [6.07, 6.45) is 0. The van der Waals surface area contributed by atoms with Crippen LogP contribution in [0.15, 0.2) is 23.6 Å². The van der Waals surface area contributed by atoms with Gasteiger partial charge in [0.2, 0.25) is 0 Å². The molecule has 0 aliphatic rings. The summed E-state index contributed by atoms with van der Waals surface area (Å²) in [5.41, 5.74) is 1.98. The minimum Gasteiger partial charge on any atom is -0.462 e. The number of esters is 1. The fraction of sp³-hybridized carbons (Fsp3) is 0.438. The SMILES string of the molecule is CCOC(=O)c1ccc2scc(C[NH+](CC)CC)c2c1. The van der Waals surface area contributed by atoms with Crippen molar-refractivity contribution in [2.24, 2.45) is 0 Å². The minimum atomic E-state index is -0.235. The number of nitrogens with one attached hydrogen (secondary N) is 1. The molecule has 0 amide bonds. The Bertz CT molecular complexity index is 587. The zero-order valence-electron chi connectivity index (χ0n) is 12.4. The van der Waals surface area contributed by atoms with E-state index in [0.717, 1.165) is 19.6 Å². The zero-order chi connectivity index (χ0) is 14.5. The number of hydrogen-bond donors (Lipinski definition) is 1. The summed E-state index contributed by atoms with van der Waals surface area (Å²) in [5, 5.41) is 3.41. The highest BCUT2D eigenvalue weighted by Crippen LogP contribution is 2.26. The van der Waals surface area contributed by atoms with Crippen LogP contribution in [0.4, 0.5) is 0 Å². The largest absolute Gasteiger partial charge is 0.462 e. The van der Waals surface area contributed by atoms with Crippen molar-refractivity contribution in [3.63, 3.8) is 0 Å². The van der Waals surface area contributed by atoms with E-state index >= 15 is 0 Å². The first-order valence-electron chi connectivity index (χ1n) is 7.20. The first-order chi connectivity index (χ1) is 9.69. The molecule has 0 unspecified atom stereocenters. The molecule has 108 valence electrons. The van der Waals surface area contributed by atoms with Gasteiger partial charge < -0.3 is 9.64 Å². The molecule has 0 fully saturated rings. The predicted molar refractivity (Wildman–Crippen MR) is 83.5 cm³/mol. The maximum atomic E-state index is 11.8. The maximum absolute atomic E-state index is 11.8. The van der Waals surface area contributed by atoms with Gasteiger partial charge in [0.1, 0.15) is 6.54 Å². The molecule has 0 aliphatic carbocycles. The smallest absolute Gasteiger partial charge is 0.338 e. The van der Waals surface area contributed by atoms with Crippen LogP contribution in [-0.2, 0) is 11.3 Å². The second-order valence-electron chi connectivity index (χ2n) is 4.83. The average Bonchev–Trinajstić information content (AvgIpc) is 2.87. The third-order valence-corrected chi connectivity index (χ3v) is 4.62. The summed E-state index contributed by atoms with van der Waals surface area (Å²) in [6, 6.07) is 5.85. The second kappa shape index (κ2) is 6.86. The third-order valence-electron chi connectivity index (χ3n) is 3.61. The van der Waals surface area contributed by atoms with Gasteiger partial charge in [-0.2, -0.15) is 0 Å². The van der Waals surface area contributed by atoms with Crippen molar-refractivity contribution < 1.29 is 14.4 Å². The average molecular weight is 292 g/mol. The number of rotatable bonds is 6. The fourth-order valence-electron chi connectivity index (χ4n) is 2.33. The Balaban J connectivity index is 2.32. The number of carbonyl (C=O) groups is 1. The lowest BCUT2D eigenvalue weighted by Gasteiger charge is -2.14. The lowest BCUT2D eigenvalue weighted by Crippen LogP contribution is -3.10. The van der Waals surface area contributed by atoms with E-state index in [1.165, 1.54) is 15.6 Å². The van der Waals surface area contributed by atoms with Gasteiger partial charge in [-0.25, -0.2) is 4.79 Å². The van der Waals surface area contributed by atoms with Crippen molar-refractivity contribution in [1.29, 1.82) is 0 Å². The first-order valence-corrected chi connectivity index (χ1v) is 8.08. The van der Waals surface area contributed by atoms with Gasteiger partial charge in [-0.05, 0) is 39.0 Å². The summed E-state index contributed by atoms with van der Waals surface area (Å²) in [4.78, 5) is 13.4. The maximum Gasteiger partial charge on any atom is 0.338 e. The molecule has 1 aromatic carbocycles. The van der Waals surface area contributed by atoms with Gasteiger partial charge in [0.05, 0.1) is 25.3 Å². The topological polar surface area (TPSA) is 30.7 Å². The van der Waals surface area contributed by atoms with Gasteiger partial charge >= 0.3 is 5.97 Å². The summed E-state index contributed by atoms with van der Waals surface area (Å²) in [5.74, 6) is -0.235. The molecule has 1 aromatic heterocycles. The molecule has 2 aromatic rings. The van der Waals surface area contributed by atoms with E-state index in [4.69, 9.17) is 4.74 Å². The summed E-state index contributed by atoms with van der Waals surface area (Å²) in [6.45, 7) is 9.90. The van der Waals surface area contributed by atoms with Crippen LogP contribution in [0.3, 0.4) is 0 Å². The van der Waals surface area contributed by atoms with Crippen molar-refractivity contribution >= 4 is 27.4 Å². The Morgan fingerprint density at radius 2 is 2.00 bits per heavy atom. The van der Waals surface area contributed by atoms with E-state index in [0.29, 0.717) is 12.2 Å². The van der Waals surface area contributed by atoms with Crippen molar-refractivity contribution in [1.82, 2.24) is 0 Å². The van der Waals surface area contributed by atoms with Gasteiger partial charge in [0.25, 0.3) is 0 Å². The molecule has 4 heteroatoms. The monoisotopic (exact) mass is 292 g/mol. The van der Waals surface area contributed by atoms with E-state index < -0.39 is 0 Å². The van der Waals surface area contributed by atoms with Crippen LogP contribution < -0.4 is 4.90 Å². The van der Waals surface area contributed by atoms with Gasteiger partial charge in [0.15, 0.2) is 0 Å². The number of thiophene rings is 1. The third kappa shape index (κ3) is 3.19. The Kier molecular flexibility index (Phi) is 5.15. The van der Waals surface area contributed by atoms with Crippen LogP contribution in [0.25, 0.3) is 10.1 Å². The number of carbonyl (C=O) groups excluding carboxylic acids is 1. The molecule has 0 aliphatic heterocycles. The highest BCUT2D eigenvalue weighted by molar-refractivity contribution is 7.17. The van der Waals surface area contributed by atoms with Gasteiger partial charge in [-0.15, -0.1) is 11.3 Å². The van der Waals surface area contributed by atoms with E-state index in [-0.39, 0.29) is 5.97 Å². The standard InChI is InChI=1S/C16H21NO2S/c1-4-17(5-2)10-13-11-20-15-8-7-12(9-14(13)15)16(18)19-6-3/h7-9,11H,4-6,10H2,1-3H3/p+1. The fourth-order valence-corrected chi connectivity index (χ4v) is 3.27. The normalized spacial score (nSPS) is 11.2. The van der Waals surface area contributed by atoms with Crippen LogP contribution >= 0.6 is 11.3 Å². The number of quaternary nitrogens is 1. The van der Waals surface area contributed by atoms with Gasteiger partial charge in [-0.1, -0.05) is 0 Å². The molecule has 0 atom stereocenters. The summed E-state index contributed by atoms with van der Waals surface area (Å²) in [7, 11) is 0. The quantitative estimate of drug-likeness (QED) is 0.829. The minimum absolute atomic E-state index is 0.235. The molecule has 0 radical (unpaired) electrons. The summed E-state index contributed by atoms with van der Waals surface area (Å²) >= 11 is 1.75. The van der Waals surface area contributed by atoms with Crippen LogP contribution in [0.1, 0.15) is 36.7 Å². The lowest BCUT2D eigenvalue weighted by atomic mass is 10.1. The molecule has 0 spiro atoms. The van der Waals surface area contributed by atoms with Crippen LogP contribution in [-0.4, -0.2) is 25.7 Å². The Labute approximate surface area is 124 Å². The van der Waals surface area contributed by atoms with Crippen molar-refractivity contribution in [2.45, 2.75) is 27.3 Å². The van der Waals surface area contributed by atoms with Crippen molar-refractivity contribution in [2.75, 3.05) is 19.7 Å². The van der Waals surface area contributed by atoms with E-state index in [1.807, 2.05) is 25.1 Å². The second-order valence-corrected chi connectivity index (χ2v) is 5.74. The summed E-state index contributed by atoms with van der Waals surface area (Å²) < 4.78 is 6.31. The number of hydrogen-bond acceptors (Lipinski definition) is 3.